The minimum Gasteiger partial charge on any atom is -0.432 e. The molecule has 2 amide bonds. The Hall–Kier alpha value is -3.77. The largest absolute Gasteiger partial charge is 0.432 e. The zero-order valence-corrected chi connectivity index (χ0v) is 15.4. The number of carbonyl (C=O) groups is 3. The van der Waals surface area contributed by atoms with Gasteiger partial charge in [-0.2, -0.15) is 0 Å². The first-order valence-corrected chi connectivity index (χ1v) is 9.02. The fourth-order valence-corrected chi connectivity index (χ4v) is 3.25. The Bertz CT molecular complexity index is 995. The van der Waals surface area contributed by atoms with Gasteiger partial charge in [0.05, 0.1) is 0 Å². The molecule has 1 saturated heterocycles. The zero-order chi connectivity index (χ0) is 20.3. The molecule has 0 bridgehead atoms. The Morgan fingerprint density at radius 3 is 1.72 bits per heavy atom. The van der Waals surface area contributed by atoms with Gasteiger partial charge in [0.15, 0.2) is 0 Å². The van der Waals surface area contributed by atoms with Crippen LogP contribution in [-0.2, 0) is 36.2 Å². The average Bonchev–Trinajstić information content (AvgIpc) is 2.78. The smallest absolute Gasteiger partial charge is 0.401 e. The van der Waals surface area contributed by atoms with Gasteiger partial charge in [0.25, 0.3) is 0 Å². The molecule has 0 N–H and O–H groups in total. The Labute approximate surface area is 167 Å². The minimum atomic E-state index is -1.82. The summed E-state index contributed by atoms with van der Waals surface area (Å²) in [7, 11) is 0. The number of imide groups is 1. The quantitative estimate of drug-likeness (QED) is 0.382. The van der Waals surface area contributed by atoms with E-state index in [1.54, 1.807) is 72.8 Å². The summed E-state index contributed by atoms with van der Waals surface area (Å²) in [5, 5.41) is 0.513. The number of cyclic esters (lactones) is 1. The Morgan fingerprint density at radius 2 is 1.21 bits per heavy atom. The van der Waals surface area contributed by atoms with E-state index in [9.17, 15) is 14.4 Å². The molecule has 0 saturated carbocycles. The van der Waals surface area contributed by atoms with Crippen LogP contribution in [0.3, 0.4) is 0 Å². The second kappa shape index (κ2) is 7.69. The summed E-state index contributed by atoms with van der Waals surface area (Å²) < 4.78 is 5.49. The van der Waals surface area contributed by atoms with Crippen LogP contribution in [0.15, 0.2) is 91.0 Å². The Balaban J connectivity index is 1.78. The molecule has 1 aliphatic heterocycles. The first-order valence-electron chi connectivity index (χ1n) is 9.02. The molecule has 29 heavy (non-hydrogen) atoms. The minimum absolute atomic E-state index is 0.0503. The molecule has 144 valence electrons. The number of carbonyl (C=O) groups excluding carboxylic acids is 3. The lowest BCUT2D eigenvalue weighted by molar-refractivity contribution is -0.229. The van der Waals surface area contributed by atoms with Crippen molar-refractivity contribution in [1.29, 1.82) is 0 Å². The fourth-order valence-electron chi connectivity index (χ4n) is 3.25. The van der Waals surface area contributed by atoms with Crippen LogP contribution in [0.4, 0.5) is 0 Å². The molecule has 0 aromatic heterocycles. The van der Waals surface area contributed by atoms with Crippen molar-refractivity contribution < 1.29 is 24.0 Å². The fraction of sp³-hybridized carbons (Fsp3) is 0.0870. The summed E-state index contributed by atoms with van der Waals surface area (Å²) in [5.74, 6) is -3.10. The number of benzene rings is 3. The second-order valence-electron chi connectivity index (χ2n) is 6.47. The van der Waals surface area contributed by atoms with Crippen molar-refractivity contribution in [3.8, 4) is 0 Å². The Kier molecular flexibility index (Phi) is 4.93. The number of hydrogen-bond donors (Lipinski definition) is 0. The molecule has 1 fully saturated rings. The van der Waals surface area contributed by atoms with Crippen molar-refractivity contribution >= 4 is 17.8 Å². The number of ether oxygens (including phenoxy) is 1. The first kappa shape index (κ1) is 18.6. The number of esters is 1. The molecule has 1 heterocycles. The van der Waals surface area contributed by atoms with E-state index in [-0.39, 0.29) is 6.61 Å². The van der Waals surface area contributed by atoms with Crippen LogP contribution >= 0.6 is 0 Å². The summed E-state index contributed by atoms with van der Waals surface area (Å²) in [6.45, 7) is -0.0503. The molecular weight excluding hydrogens is 370 g/mol. The maximum atomic E-state index is 13.5. The number of rotatable bonds is 5. The van der Waals surface area contributed by atoms with Crippen molar-refractivity contribution in [2.45, 2.75) is 12.2 Å². The molecule has 6 heteroatoms. The third-order valence-electron chi connectivity index (χ3n) is 4.65. The predicted octanol–water partition coefficient (Wildman–Crippen LogP) is 2.97. The van der Waals surface area contributed by atoms with E-state index in [1.807, 2.05) is 18.2 Å². The summed E-state index contributed by atoms with van der Waals surface area (Å²) in [6, 6.07) is 26.2. The molecule has 3 aromatic carbocycles. The molecule has 4 rings (SSSR count). The maximum absolute atomic E-state index is 13.5. The van der Waals surface area contributed by atoms with Crippen molar-refractivity contribution in [2.24, 2.45) is 0 Å². The van der Waals surface area contributed by atoms with Crippen LogP contribution in [-0.4, -0.2) is 22.8 Å². The third kappa shape index (κ3) is 3.30. The molecule has 6 nitrogen and oxygen atoms in total. The van der Waals surface area contributed by atoms with Crippen molar-refractivity contribution in [2.75, 3.05) is 0 Å². The number of morpholine rings is 1. The summed E-state index contributed by atoms with van der Waals surface area (Å²) in [4.78, 5) is 43.9. The topological polar surface area (TPSA) is 72.9 Å². The van der Waals surface area contributed by atoms with Crippen LogP contribution in [0.1, 0.15) is 16.7 Å². The molecule has 0 atom stereocenters. The number of nitrogens with zero attached hydrogens (tertiary/aromatic N) is 1. The van der Waals surface area contributed by atoms with Gasteiger partial charge in [-0.05, 0) is 5.56 Å². The van der Waals surface area contributed by atoms with Crippen LogP contribution in [0.25, 0.3) is 0 Å². The molecule has 0 radical (unpaired) electrons. The van der Waals surface area contributed by atoms with Gasteiger partial charge in [0.2, 0.25) is 5.60 Å². The maximum Gasteiger partial charge on any atom is 0.401 e. The van der Waals surface area contributed by atoms with Crippen LogP contribution in [0, 0.1) is 0 Å². The highest BCUT2D eigenvalue weighted by molar-refractivity contribution is 6.37. The first-order chi connectivity index (χ1) is 14.1. The summed E-state index contributed by atoms with van der Waals surface area (Å²) in [6.07, 6.45) is 0. The normalized spacial score (nSPS) is 15.9. The van der Waals surface area contributed by atoms with E-state index >= 15 is 0 Å². The van der Waals surface area contributed by atoms with Crippen LogP contribution < -0.4 is 0 Å². The van der Waals surface area contributed by atoms with Crippen molar-refractivity contribution in [3.63, 3.8) is 0 Å². The highest BCUT2D eigenvalue weighted by Gasteiger charge is 2.56. The summed E-state index contributed by atoms with van der Waals surface area (Å²) in [5.41, 5.74) is -0.225. The number of hydrogen-bond acceptors (Lipinski definition) is 5. The molecular formula is C23H17NO5. The van der Waals surface area contributed by atoms with E-state index in [4.69, 9.17) is 9.57 Å². The van der Waals surface area contributed by atoms with Gasteiger partial charge in [-0.25, -0.2) is 4.79 Å². The average molecular weight is 387 g/mol. The van der Waals surface area contributed by atoms with Gasteiger partial charge in [0.1, 0.15) is 6.61 Å². The van der Waals surface area contributed by atoms with Gasteiger partial charge in [0, 0.05) is 11.1 Å². The van der Waals surface area contributed by atoms with Crippen molar-refractivity contribution in [3.05, 3.63) is 108 Å². The van der Waals surface area contributed by atoms with Gasteiger partial charge >= 0.3 is 17.8 Å². The SMILES string of the molecule is O=C1OC(c2ccccc2)(c2ccccc2)C(=O)N(OCc2ccccc2)C1=O. The highest BCUT2D eigenvalue weighted by Crippen LogP contribution is 2.38. The standard InChI is InChI=1S/C23H17NO5/c25-20-21(26)29-23(18-12-6-2-7-13-18,19-14-8-3-9-15-19)22(27)24(20)28-16-17-10-4-1-5-11-17/h1-15H,16H2. The van der Waals surface area contributed by atoms with Crippen LogP contribution in [0.2, 0.25) is 0 Å². The zero-order valence-electron chi connectivity index (χ0n) is 15.4. The van der Waals surface area contributed by atoms with Gasteiger partial charge in [-0.15, -0.1) is 5.06 Å². The lowest BCUT2D eigenvalue weighted by atomic mass is 9.84. The second-order valence-corrected chi connectivity index (χ2v) is 6.47. The number of hydroxylamine groups is 2. The van der Waals surface area contributed by atoms with Crippen molar-refractivity contribution in [1.82, 2.24) is 5.06 Å². The van der Waals surface area contributed by atoms with Gasteiger partial charge in [-0.1, -0.05) is 91.0 Å². The lowest BCUT2D eigenvalue weighted by Gasteiger charge is -2.39. The van der Waals surface area contributed by atoms with Gasteiger partial charge in [-0.3, -0.25) is 14.4 Å². The lowest BCUT2D eigenvalue weighted by Crippen LogP contribution is -2.59. The van der Waals surface area contributed by atoms with E-state index in [0.29, 0.717) is 16.2 Å². The summed E-state index contributed by atoms with van der Waals surface area (Å²) >= 11 is 0. The highest BCUT2D eigenvalue weighted by atomic mass is 16.7. The Morgan fingerprint density at radius 1 is 0.724 bits per heavy atom. The van der Waals surface area contributed by atoms with Crippen LogP contribution in [0.5, 0.6) is 0 Å². The third-order valence-corrected chi connectivity index (χ3v) is 4.65. The molecule has 1 aliphatic rings. The molecule has 0 aliphatic carbocycles. The number of amides is 2. The molecule has 0 spiro atoms. The monoisotopic (exact) mass is 387 g/mol. The predicted molar refractivity (Wildman–Crippen MR) is 103 cm³/mol. The van der Waals surface area contributed by atoms with E-state index in [2.05, 4.69) is 0 Å². The molecule has 0 unspecified atom stereocenters. The molecule has 3 aromatic rings. The van der Waals surface area contributed by atoms with E-state index in [1.165, 1.54) is 0 Å². The van der Waals surface area contributed by atoms with E-state index < -0.39 is 23.4 Å². The van der Waals surface area contributed by atoms with E-state index in [0.717, 1.165) is 5.56 Å². The van der Waals surface area contributed by atoms with Gasteiger partial charge < -0.3 is 4.74 Å².